The number of halogens is 1. The fourth-order valence-corrected chi connectivity index (χ4v) is 3.77. The molecule has 20 heavy (non-hydrogen) atoms. The van der Waals surface area contributed by atoms with Crippen molar-refractivity contribution in [3.8, 4) is 0 Å². The summed E-state index contributed by atoms with van der Waals surface area (Å²) in [5, 5.41) is 4.53. The molecule has 1 heterocycles. The van der Waals surface area contributed by atoms with E-state index in [1.807, 2.05) is 23.5 Å². The predicted octanol–water partition coefficient (Wildman–Crippen LogP) is 5.82. The van der Waals surface area contributed by atoms with Crippen molar-refractivity contribution in [2.45, 2.75) is 46.2 Å². The second-order valence-electron chi connectivity index (χ2n) is 5.27. The molecule has 1 nitrogen and oxygen atoms in total. The molecule has 0 spiro atoms. The molecular weight excluding hydrogens is 286 g/mol. The van der Waals surface area contributed by atoms with Gasteiger partial charge in [-0.3, -0.25) is 0 Å². The van der Waals surface area contributed by atoms with Crippen LogP contribution in [0.5, 0.6) is 0 Å². The molecule has 2 aromatic rings. The van der Waals surface area contributed by atoms with Gasteiger partial charge in [0.2, 0.25) is 0 Å². The van der Waals surface area contributed by atoms with E-state index in [9.17, 15) is 0 Å². The Bertz CT molecular complexity index is 559. The Morgan fingerprint density at radius 2 is 1.85 bits per heavy atom. The molecule has 0 aliphatic heterocycles. The Kier molecular flexibility index (Phi) is 5.25. The van der Waals surface area contributed by atoms with Crippen LogP contribution in [0.25, 0.3) is 0 Å². The van der Waals surface area contributed by atoms with E-state index in [0.29, 0.717) is 12.1 Å². The van der Waals surface area contributed by atoms with E-state index in [4.69, 9.17) is 11.6 Å². The van der Waals surface area contributed by atoms with E-state index in [-0.39, 0.29) is 0 Å². The van der Waals surface area contributed by atoms with Crippen LogP contribution in [0.2, 0.25) is 5.02 Å². The van der Waals surface area contributed by atoms with Crippen LogP contribution < -0.4 is 5.32 Å². The summed E-state index contributed by atoms with van der Waals surface area (Å²) in [4.78, 5) is 2.79. The van der Waals surface area contributed by atoms with Crippen LogP contribution in [-0.4, -0.2) is 0 Å². The number of benzene rings is 1. The van der Waals surface area contributed by atoms with Gasteiger partial charge in [-0.25, -0.2) is 0 Å². The average Bonchev–Trinajstić information content (AvgIpc) is 2.76. The summed E-state index contributed by atoms with van der Waals surface area (Å²) in [6, 6.07) is 11.2. The molecule has 0 aliphatic carbocycles. The first-order valence-electron chi connectivity index (χ1n) is 7.09. The number of hydrogen-bond donors (Lipinski definition) is 1. The maximum Gasteiger partial charge on any atom is 0.0406 e. The highest BCUT2D eigenvalue weighted by Crippen LogP contribution is 2.29. The summed E-state index contributed by atoms with van der Waals surface area (Å²) in [7, 11) is 0. The Labute approximate surface area is 131 Å². The summed E-state index contributed by atoms with van der Waals surface area (Å²) < 4.78 is 0. The topological polar surface area (TPSA) is 12.0 Å². The first-order chi connectivity index (χ1) is 9.51. The summed E-state index contributed by atoms with van der Waals surface area (Å²) in [6.07, 6.45) is 1.06. The van der Waals surface area contributed by atoms with Crippen LogP contribution >= 0.6 is 22.9 Å². The standard InChI is InChI=1S/C17H22ClNS/c1-5-17(14-6-8-15(18)9-7-14)19-12(3)16-10-11(2)20-13(16)4/h6-10,12,17,19H,5H2,1-4H3. The van der Waals surface area contributed by atoms with Crippen LogP contribution in [-0.2, 0) is 0 Å². The van der Waals surface area contributed by atoms with Crippen molar-refractivity contribution < 1.29 is 0 Å². The lowest BCUT2D eigenvalue weighted by Gasteiger charge is -2.23. The molecule has 0 saturated heterocycles. The predicted molar refractivity (Wildman–Crippen MR) is 89.8 cm³/mol. The van der Waals surface area contributed by atoms with Crippen LogP contribution in [0.1, 0.15) is 53.2 Å². The Morgan fingerprint density at radius 1 is 1.20 bits per heavy atom. The molecule has 0 bridgehead atoms. The quantitative estimate of drug-likeness (QED) is 0.734. The highest BCUT2D eigenvalue weighted by molar-refractivity contribution is 7.12. The average molecular weight is 308 g/mol. The van der Waals surface area contributed by atoms with Gasteiger partial charge in [-0.2, -0.15) is 0 Å². The molecule has 2 unspecified atom stereocenters. The molecule has 0 amide bonds. The lowest BCUT2D eigenvalue weighted by molar-refractivity contribution is 0.456. The maximum absolute atomic E-state index is 5.97. The monoisotopic (exact) mass is 307 g/mol. The molecule has 1 aromatic carbocycles. The molecule has 108 valence electrons. The van der Waals surface area contributed by atoms with Gasteiger partial charge in [0, 0.05) is 26.9 Å². The first kappa shape index (κ1) is 15.6. The molecule has 2 rings (SSSR count). The van der Waals surface area contributed by atoms with Crippen molar-refractivity contribution >= 4 is 22.9 Å². The second kappa shape index (κ2) is 6.75. The minimum Gasteiger partial charge on any atom is -0.303 e. The van der Waals surface area contributed by atoms with Gasteiger partial charge >= 0.3 is 0 Å². The number of thiophene rings is 1. The minimum absolute atomic E-state index is 0.362. The maximum atomic E-state index is 5.97. The van der Waals surface area contributed by atoms with Crippen LogP contribution in [0.3, 0.4) is 0 Å². The molecule has 1 N–H and O–H groups in total. The normalized spacial score (nSPS) is 14.2. The van der Waals surface area contributed by atoms with Crippen LogP contribution in [0.15, 0.2) is 30.3 Å². The van der Waals surface area contributed by atoms with Crippen molar-refractivity contribution in [2.75, 3.05) is 0 Å². The molecule has 3 heteroatoms. The van der Waals surface area contributed by atoms with E-state index >= 15 is 0 Å². The fraction of sp³-hybridized carbons (Fsp3) is 0.412. The van der Waals surface area contributed by atoms with E-state index in [0.717, 1.165) is 11.4 Å². The third-order valence-corrected chi connectivity index (χ3v) is 4.91. The lowest BCUT2D eigenvalue weighted by Crippen LogP contribution is -2.24. The van der Waals surface area contributed by atoms with Gasteiger partial charge in [0.05, 0.1) is 0 Å². The minimum atomic E-state index is 0.362. The lowest BCUT2D eigenvalue weighted by atomic mass is 10.0. The molecule has 0 fully saturated rings. The zero-order valence-electron chi connectivity index (χ0n) is 12.5. The highest BCUT2D eigenvalue weighted by Gasteiger charge is 2.16. The van der Waals surface area contributed by atoms with Crippen molar-refractivity contribution in [2.24, 2.45) is 0 Å². The van der Waals surface area contributed by atoms with Crippen LogP contribution in [0, 0.1) is 13.8 Å². The second-order valence-corrected chi connectivity index (χ2v) is 7.17. The molecule has 0 radical (unpaired) electrons. The third-order valence-electron chi connectivity index (χ3n) is 3.68. The summed E-state index contributed by atoms with van der Waals surface area (Å²) >= 11 is 7.84. The number of rotatable bonds is 5. The summed E-state index contributed by atoms with van der Waals surface area (Å²) in [5.41, 5.74) is 2.72. The van der Waals surface area contributed by atoms with Gasteiger partial charge in [0.1, 0.15) is 0 Å². The van der Waals surface area contributed by atoms with Gasteiger partial charge in [0.25, 0.3) is 0 Å². The zero-order chi connectivity index (χ0) is 14.7. The highest BCUT2D eigenvalue weighted by atomic mass is 35.5. The van der Waals surface area contributed by atoms with Crippen LogP contribution in [0.4, 0.5) is 0 Å². The van der Waals surface area contributed by atoms with Gasteiger partial charge in [-0.05, 0) is 56.5 Å². The summed E-state index contributed by atoms with van der Waals surface area (Å²) in [6.45, 7) is 8.83. The van der Waals surface area contributed by atoms with Crippen molar-refractivity contribution in [3.05, 3.63) is 56.2 Å². The van der Waals surface area contributed by atoms with E-state index in [1.54, 1.807) is 0 Å². The smallest absolute Gasteiger partial charge is 0.0406 e. The van der Waals surface area contributed by atoms with Gasteiger partial charge in [0.15, 0.2) is 0 Å². The Morgan fingerprint density at radius 3 is 2.35 bits per heavy atom. The van der Waals surface area contributed by atoms with Crippen molar-refractivity contribution in [3.63, 3.8) is 0 Å². The molecule has 2 atom stereocenters. The van der Waals surface area contributed by atoms with E-state index < -0.39 is 0 Å². The van der Waals surface area contributed by atoms with E-state index in [1.165, 1.54) is 20.9 Å². The zero-order valence-corrected chi connectivity index (χ0v) is 14.1. The largest absolute Gasteiger partial charge is 0.303 e. The fourth-order valence-electron chi connectivity index (χ4n) is 2.62. The Balaban J connectivity index is 2.13. The third kappa shape index (κ3) is 3.63. The SMILES string of the molecule is CCC(NC(C)c1cc(C)sc1C)c1ccc(Cl)cc1. The Hall–Kier alpha value is -0.830. The number of aryl methyl sites for hydroxylation is 2. The number of nitrogens with one attached hydrogen (secondary N) is 1. The number of hydrogen-bond acceptors (Lipinski definition) is 2. The molecule has 0 aliphatic rings. The molecule has 0 saturated carbocycles. The molecular formula is C17H22ClNS. The first-order valence-corrected chi connectivity index (χ1v) is 8.29. The van der Waals surface area contributed by atoms with Crippen molar-refractivity contribution in [1.82, 2.24) is 5.32 Å². The van der Waals surface area contributed by atoms with Gasteiger partial charge < -0.3 is 5.32 Å². The van der Waals surface area contributed by atoms with E-state index in [2.05, 4.69) is 51.2 Å². The summed E-state index contributed by atoms with van der Waals surface area (Å²) in [5.74, 6) is 0. The van der Waals surface area contributed by atoms with Gasteiger partial charge in [-0.1, -0.05) is 30.7 Å². The molecule has 1 aromatic heterocycles. The van der Waals surface area contributed by atoms with Gasteiger partial charge in [-0.15, -0.1) is 11.3 Å². The van der Waals surface area contributed by atoms with Crippen molar-refractivity contribution in [1.29, 1.82) is 0 Å².